The Morgan fingerprint density at radius 1 is 0.349 bits per heavy atom. The van der Waals surface area contributed by atoms with Crippen LogP contribution < -0.4 is 0 Å². The molecule has 1 atom stereocenters. The van der Waals surface area contributed by atoms with Crippen molar-refractivity contribution in [3.05, 3.63) is 134 Å². The van der Waals surface area contributed by atoms with Crippen LogP contribution in [-0.2, 0) is 28.6 Å². The van der Waals surface area contributed by atoms with Gasteiger partial charge in [-0.1, -0.05) is 206 Å². The average Bonchev–Trinajstić information content (AvgIpc) is 3.28. The summed E-state index contributed by atoms with van der Waals surface area (Å²) in [6.45, 7) is 6.28. The van der Waals surface area contributed by atoms with Crippen molar-refractivity contribution in [2.75, 3.05) is 13.2 Å². The molecule has 0 bridgehead atoms. The van der Waals surface area contributed by atoms with Crippen molar-refractivity contribution in [2.45, 2.75) is 194 Å². The Morgan fingerprint density at radius 3 is 1.19 bits per heavy atom. The minimum absolute atomic E-state index is 0.139. The third kappa shape index (κ3) is 48.4. The van der Waals surface area contributed by atoms with E-state index in [1.165, 1.54) is 57.8 Å². The van der Waals surface area contributed by atoms with Gasteiger partial charge in [-0.3, -0.25) is 14.4 Å². The van der Waals surface area contributed by atoms with Gasteiger partial charge in [-0.2, -0.15) is 0 Å². The zero-order valence-electron chi connectivity index (χ0n) is 40.0. The average molecular weight is 869 g/mol. The predicted molar refractivity (Wildman–Crippen MR) is 269 cm³/mol. The molecule has 0 aliphatic carbocycles. The second kappa shape index (κ2) is 50.2. The molecule has 0 rings (SSSR count). The fourth-order valence-corrected chi connectivity index (χ4v) is 6.04. The van der Waals surface area contributed by atoms with Crippen LogP contribution in [0.1, 0.15) is 188 Å². The van der Waals surface area contributed by atoms with E-state index in [1.54, 1.807) is 0 Å². The van der Waals surface area contributed by atoms with Gasteiger partial charge in [0.25, 0.3) is 0 Å². The van der Waals surface area contributed by atoms with E-state index in [9.17, 15) is 14.4 Å². The van der Waals surface area contributed by atoms with Crippen LogP contribution in [-0.4, -0.2) is 37.2 Å². The van der Waals surface area contributed by atoms with Crippen molar-refractivity contribution in [1.82, 2.24) is 0 Å². The summed E-state index contributed by atoms with van der Waals surface area (Å²) >= 11 is 0. The van der Waals surface area contributed by atoms with E-state index in [1.807, 2.05) is 54.7 Å². The van der Waals surface area contributed by atoms with Crippen LogP contribution in [0.2, 0.25) is 0 Å². The Bertz CT molecular complexity index is 1420. The lowest BCUT2D eigenvalue weighted by Crippen LogP contribution is -2.30. The molecule has 0 saturated heterocycles. The van der Waals surface area contributed by atoms with E-state index in [0.717, 1.165) is 77.0 Å². The largest absolute Gasteiger partial charge is 0.462 e. The standard InChI is InChI=1S/C57H88O6/c1-4-7-10-13-16-19-22-25-27-28-30-32-35-38-41-44-47-50-56(59)62-53-54(52-61-55(58)49-46-43-40-37-34-31-24-21-18-15-12-9-6-3)63-57(60)51-48-45-42-39-36-33-29-26-23-20-17-14-11-8-5-2/h9,12,15-21,23-27,30-32,34,37-38,40-41,54H,4-8,10-11,13-14,22,28-29,33,35-36,39,42-53H2,1-3H3/b12-9-,18-15-,19-16-,20-17-,24-21-,26-23-,27-25-,32-30-,34-31-,40-37-,41-38-. The van der Waals surface area contributed by atoms with Crippen molar-refractivity contribution in [3.8, 4) is 0 Å². The zero-order valence-corrected chi connectivity index (χ0v) is 40.0. The van der Waals surface area contributed by atoms with E-state index < -0.39 is 6.10 Å². The van der Waals surface area contributed by atoms with E-state index in [0.29, 0.717) is 12.8 Å². The van der Waals surface area contributed by atoms with Gasteiger partial charge >= 0.3 is 17.9 Å². The summed E-state index contributed by atoms with van der Waals surface area (Å²) in [4.78, 5) is 37.9. The molecule has 0 N–H and O–H groups in total. The second-order valence-electron chi connectivity index (χ2n) is 15.8. The first kappa shape index (κ1) is 58.6. The van der Waals surface area contributed by atoms with Gasteiger partial charge in [0.15, 0.2) is 6.10 Å². The number of carbonyl (C=O) groups excluding carboxylic acids is 3. The SMILES string of the molecule is CC\C=C/C=C\C=C/C=C\C=C/CCCC(=O)OCC(COC(=O)CCC/C=C\C/C=C\C/C=C\C/C=C\CCCCC)OC(=O)CCCCCCCC/C=C\C=C/CCCCC. The molecule has 0 spiro atoms. The molecule has 0 aromatic carbocycles. The molecule has 0 fully saturated rings. The normalized spacial score (nSPS) is 13.3. The molecule has 63 heavy (non-hydrogen) atoms. The molecule has 6 nitrogen and oxygen atoms in total. The quantitative estimate of drug-likeness (QED) is 0.0200. The molecule has 0 aliphatic heterocycles. The first-order valence-corrected chi connectivity index (χ1v) is 24.8. The number of hydrogen-bond donors (Lipinski definition) is 0. The first-order chi connectivity index (χ1) is 31.0. The summed E-state index contributed by atoms with van der Waals surface area (Å²) in [5.41, 5.74) is 0. The van der Waals surface area contributed by atoms with Crippen LogP contribution >= 0.6 is 0 Å². The maximum absolute atomic E-state index is 12.8. The Labute approximate surface area is 385 Å². The third-order valence-corrected chi connectivity index (χ3v) is 9.76. The van der Waals surface area contributed by atoms with Gasteiger partial charge in [0.1, 0.15) is 13.2 Å². The van der Waals surface area contributed by atoms with Gasteiger partial charge in [0.2, 0.25) is 0 Å². The van der Waals surface area contributed by atoms with Gasteiger partial charge in [0.05, 0.1) is 0 Å². The highest BCUT2D eigenvalue weighted by atomic mass is 16.6. The minimum Gasteiger partial charge on any atom is -0.462 e. The maximum atomic E-state index is 12.8. The highest BCUT2D eigenvalue weighted by molar-refractivity contribution is 5.71. The van der Waals surface area contributed by atoms with E-state index >= 15 is 0 Å². The Kier molecular flexibility index (Phi) is 46.7. The lowest BCUT2D eigenvalue weighted by Gasteiger charge is -2.18. The van der Waals surface area contributed by atoms with Crippen LogP contribution in [0.3, 0.4) is 0 Å². The van der Waals surface area contributed by atoms with Crippen molar-refractivity contribution in [3.63, 3.8) is 0 Å². The number of hydrogen-bond acceptors (Lipinski definition) is 6. The molecule has 0 saturated carbocycles. The lowest BCUT2D eigenvalue weighted by atomic mass is 10.1. The molecule has 1 unspecified atom stereocenters. The highest BCUT2D eigenvalue weighted by Crippen LogP contribution is 2.12. The molecule has 0 amide bonds. The molecular weight excluding hydrogens is 781 g/mol. The van der Waals surface area contributed by atoms with Crippen LogP contribution in [0.15, 0.2) is 134 Å². The fourth-order valence-electron chi connectivity index (χ4n) is 6.04. The Balaban J connectivity index is 4.62. The van der Waals surface area contributed by atoms with Gasteiger partial charge in [0, 0.05) is 19.3 Å². The summed E-state index contributed by atoms with van der Waals surface area (Å²) in [7, 11) is 0. The molecule has 0 radical (unpaired) electrons. The predicted octanol–water partition coefficient (Wildman–Crippen LogP) is 16.3. The fraction of sp³-hybridized carbons (Fsp3) is 0.561. The lowest BCUT2D eigenvalue weighted by molar-refractivity contribution is -0.167. The minimum atomic E-state index is -0.839. The van der Waals surface area contributed by atoms with Crippen molar-refractivity contribution in [2.24, 2.45) is 0 Å². The van der Waals surface area contributed by atoms with Crippen molar-refractivity contribution < 1.29 is 28.6 Å². The highest BCUT2D eigenvalue weighted by Gasteiger charge is 2.19. The Morgan fingerprint density at radius 2 is 0.698 bits per heavy atom. The number of rotatable bonds is 42. The molecule has 0 heterocycles. The molecule has 0 aliphatic rings. The number of carbonyl (C=O) groups is 3. The molecular formula is C57H88O6. The monoisotopic (exact) mass is 869 g/mol. The second-order valence-corrected chi connectivity index (χ2v) is 15.8. The summed E-state index contributed by atoms with van der Waals surface area (Å²) < 4.78 is 16.6. The first-order valence-electron chi connectivity index (χ1n) is 24.8. The Hall–Kier alpha value is -4.45. The number of allylic oxidation sites excluding steroid dienone is 22. The van der Waals surface area contributed by atoms with Crippen LogP contribution in [0, 0.1) is 0 Å². The van der Waals surface area contributed by atoms with Gasteiger partial charge in [-0.15, -0.1) is 0 Å². The summed E-state index contributed by atoms with van der Waals surface area (Å²) in [5, 5.41) is 0. The number of esters is 3. The molecule has 352 valence electrons. The zero-order chi connectivity index (χ0) is 45.8. The maximum Gasteiger partial charge on any atom is 0.306 e. The van der Waals surface area contributed by atoms with E-state index in [-0.39, 0.29) is 50.4 Å². The summed E-state index contributed by atoms with van der Waals surface area (Å²) in [5.74, 6) is -1.09. The van der Waals surface area contributed by atoms with Crippen molar-refractivity contribution in [1.29, 1.82) is 0 Å². The topological polar surface area (TPSA) is 78.9 Å². The summed E-state index contributed by atoms with van der Waals surface area (Å²) in [6.07, 6.45) is 70.1. The molecule has 0 aromatic rings. The third-order valence-electron chi connectivity index (χ3n) is 9.76. The number of ether oxygens (including phenoxy) is 3. The van der Waals surface area contributed by atoms with Crippen molar-refractivity contribution >= 4 is 17.9 Å². The van der Waals surface area contributed by atoms with E-state index in [2.05, 4.69) is 99.8 Å². The van der Waals surface area contributed by atoms with E-state index in [4.69, 9.17) is 14.2 Å². The van der Waals surface area contributed by atoms with Gasteiger partial charge < -0.3 is 14.2 Å². The summed E-state index contributed by atoms with van der Waals surface area (Å²) in [6, 6.07) is 0. The van der Waals surface area contributed by atoms with Gasteiger partial charge in [-0.05, 0) is 96.3 Å². The van der Waals surface area contributed by atoms with Crippen LogP contribution in [0.5, 0.6) is 0 Å². The van der Waals surface area contributed by atoms with Crippen LogP contribution in [0.4, 0.5) is 0 Å². The molecule has 0 aromatic heterocycles. The number of unbranched alkanes of at least 4 members (excludes halogenated alkanes) is 14. The van der Waals surface area contributed by atoms with Gasteiger partial charge in [-0.25, -0.2) is 0 Å². The smallest absolute Gasteiger partial charge is 0.306 e. The molecule has 6 heteroatoms. The van der Waals surface area contributed by atoms with Crippen LogP contribution in [0.25, 0.3) is 0 Å².